The van der Waals surface area contributed by atoms with Crippen molar-refractivity contribution in [3.8, 4) is 0 Å². The summed E-state index contributed by atoms with van der Waals surface area (Å²) < 4.78 is 10.9. The minimum absolute atomic E-state index is 0.143. The Bertz CT molecular complexity index is 1220. The highest BCUT2D eigenvalue weighted by molar-refractivity contribution is 5.85. The number of aliphatic carboxylic acids is 1. The van der Waals surface area contributed by atoms with Crippen molar-refractivity contribution in [2.45, 2.75) is 85.1 Å². The van der Waals surface area contributed by atoms with E-state index >= 15 is 0 Å². The molecule has 1 fully saturated rings. The molecule has 0 spiro atoms. The number of allylic oxidation sites excluding steroid dienone is 18. The highest BCUT2D eigenvalue weighted by Crippen LogP contribution is 2.22. The third kappa shape index (κ3) is 15.9. The number of carbonyl (C=O) groups is 1. The quantitative estimate of drug-likeness (QED) is 0.113. The molecule has 44 heavy (non-hydrogen) atoms. The third-order valence-electron chi connectivity index (χ3n) is 6.68. The van der Waals surface area contributed by atoms with Crippen molar-refractivity contribution in [2.75, 3.05) is 13.2 Å². The summed E-state index contributed by atoms with van der Waals surface area (Å²) in [5.74, 6) is -0.873. The van der Waals surface area contributed by atoms with Crippen molar-refractivity contribution in [3.05, 3.63) is 119 Å². The summed E-state index contributed by atoms with van der Waals surface area (Å²) >= 11 is 0. The lowest BCUT2D eigenvalue weighted by Gasteiger charge is -2.39. The fourth-order valence-electron chi connectivity index (χ4n) is 3.82. The maximum atomic E-state index is 10.8. The van der Waals surface area contributed by atoms with Gasteiger partial charge in [0.1, 0.15) is 24.4 Å². The van der Waals surface area contributed by atoms with Crippen molar-refractivity contribution in [3.63, 3.8) is 0 Å². The molecular formula is C36H50O8. The summed E-state index contributed by atoms with van der Waals surface area (Å²) in [6.07, 6.45) is 22.7. The molecule has 0 aliphatic carbocycles. The minimum Gasteiger partial charge on any atom is -0.478 e. The molecule has 8 nitrogen and oxygen atoms in total. The number of ether oxygens (including phenoxy) is 2. The van der Waals surface area contributed by atoms with E-state index in [1.165, 1.54) is 5.57 Å². The molecule has 1 heterocycles. The van der Waals surface area contributed by atoms with Gasteiger partial charge in [0, 0.05) is 5.57 Å². The molecule has 0 bridgehead atoms. The lowest BCUT2D eigenvalue weighted by atomic mass is 9.99. The molecule has 0 radical (unpaired) electrons. The maximum absolute atomic E-state index is 10.8. The first-order valence-corrected chi connectivity index (χ1v) is 14.7. The van der Waals surface area contributed by atoms with Gasteiger partial charge in [-0.2, -0.15) is 0 Å². The first kappa shape index (κ1) is 38.7. The molecule has 1 rings (SSSR count). The van der Waals surface area contributed by atoms with E-state index in [4.69, 9.17) is 14.6 Å². The van der Waals surface area contributed by atoms with Crippen LogP contribution in [0.2, 0.25) is 0 Å². The number of carboxylic acids is 1. The molecule has 0 aromatic carbocycles. The Morgan fingerprint density at radius 2 is 1.20 bits per heavy atom. The highest BCUT2D eigenvalue weighted by Gasteiger charge is 2.43. The second kappa shape index (κ2) is 21.4. The topological polar surface area (TPSA) is 137 Å². The number of carboxylic acid groups (broad SMARTS) is 1. The Morgan fingerprint density at radius 1 is 0.705 bits per heavy atom. The molecule has 5 N–H and O–H groups in total. The molecule has 242 valence electrons. The summed E-state index contributed by atoms with van der Waals surface area (Å²) in [5, 5.41) is 47.9. The number of aliphatic hydroxyl groups is 4. The van der Waals surface area contributed by atoms with Crippen molar-refractivity contribution >= 4 is 5.97 Å². The largest absolute Gasteiger partial charge is 0.478 e. The standard InChI is InChI=1S/C36H50O8/c1-25(13-7-8-14-26(2)16-10-18-28(4)20-12-22-30(6)35(41)42)15-9-17-27(3)19-11-21-29(5)24-43-36-34(40)33(39)32(38)31(23-37)44-36/h7-11,13-19,21-22,31-34,36-40H,12,20,23-24H2,1-6H3,(H,41,42)/b8-7+,15-9+,16-10+,19-11+,25-13+,26-14+,27-17+,28-18+,29-21+,30-22+/t31-,32-,33+,34-,36-/m1/s1. The van der Waals surface area contributed by atoms with Crippen LogP contribution in [0.25, 0.3) is 0 Å². The average Bonchev–Trinajstić information content (AvgIpc) is 2.97. The van der Waals surface area contributed by atoms with Gasteiger partial charge in [-0.15, -0.1) is 0 Å². The van der Waals surface area contributed by atoms with E-state index < -0.39 is 43.3 Å². The molecule has 0 amide bonds. The van der Waals surface area contributed by atoms with Crippen molar-refractivity contribution in [1.29, 1.82) is 0 Å². The second-order valence-corrected chi connectivity index (χ2v) is 11.0. The van der Waals surface area contributed by atoms with Gasteiger partial charge >= 0.3 is 5.97 Å². The number of aliphatic hydroxyl groups excluding tert-OH is 4. The van der Waals surface area contributed by atoms with Crippen molar-refractivity contribution < 1.29 is 39.8 Å². The molecule has 0 aromatic heterocycles. The Labute approximate surface area is 262 Å². The van der Waals surface area contributed by atoms with Gasteiger partial charge < -0.3 is 35.0 Å². The van der Waals surface area contributed by atoms with Crippen LogP contribution in [-0.4, -0.2) is 75.4 Å². The van der Waals surface area contributed by atoms with Crippen LogP contribution in [0.5, 0.6) is 0 Å². The smallest absolute Gasteiger partial charge is 0.330 e. The third-order valence-corrected chi connectivity index (χ3v) is 6.68. The Balaban J connectivity index is 2.51. The molecule has 1 saturated heterocycles. The summed E-state index contributed by atoms with van der Waals surface area (Å²) in [7, 11) is 0. The van der Waals surface area contributed by atoms with Crippen LogP contribution in [0.15, 0.2) is 119 Å². The maximum Gasteiger partial charge on any atom is 0.330 e. The molecule has 5 atom stereocenters. The van der Waals surface area contributed by atoms with Gasteiger partial charge in [-0.1, -0.05) is 107 Å². The first-order valence-electron chi connectivity index (χ1n) is 14.7. The normalized spacial score (nSPS) is 25.4. The second-order valence-electron chi connectivity index (χ2n) is 11.0. The minimum atomic E-state index is -1.46. The fraction of sp³-hybridized carbons (Fsp3) is 0.417. The zero-order valence-electron chi connectivity index (χ0n) is 26.8. The first-order chi connectivity index (χ1) is 20.8. The van der Waals surface area contributed by atoms with Crippen LogP contribution in [0.1, 0.15) is 54.4 Å². The van der Waals surface area contributed by atoms with E-state index in [9.17, 15) is 25.2 Å². The molecule has 8 heteroatoms. The van der Waals surface area contributed by atoms with E-state index in [0.717, 1.165) is 28.7 Å². The molecule has 0 unspecified atom stereocenters. The lowest BCUT2D eigenvalue weighted by molar-refractivity contribution is -0.299. The molecule has 0 aromatic rings. The van der Waals surface area contributed by atoms with Crippen LogP contribution >= 0.6 is 0 Å². The summed E-state index contributed by atoms with van der Waals surface area (Å²) in [6, 6.07) is 0. The van der Waals surface area contributed by atoms with Crippen molar-refractivity contribution in [2.24, 2.45) is 0 Å². The summed E-state index contributed by atoms with van der Waals surface area (Å²) in [6.45, 7) is 11.2. The van der Waals surface area contributed by atoms with E-state index in [2.05, 4.69) is 0 Å². The van der Waals surface area contributed by atoms with Crippen LogP contribution in [0.4, 0.5) is 0 Å². The zero-order valence-corrected chi connectivity index (χ0v) is 26.8. The van der Waals surface area contributed by atoms with Crippen LogP contribution in [0, 0.1) is 0 Å². The van der Waals surface area contributed by atoms with Crippen LogP contribution < -0.4 is 0 Å². The molecule has 1 aliphatic rings. The van der Waals surface area contributed by atoms with Gasteiger partial charge in [-0.25, -0.2) is 4.79 Å². The highest BCUT2D eigenvalue weighted by atomic mass is 16.7. The Morgan fingerprint density at radius 3 is 1.73 bits per heavy atom. The average molecular weight is 611 g/mol. The van der Waals surface area contributed by atoms with Gasteiger partial charge in [-0.3, -0.25) is 0 Å². The van der Waals surface area contributed by atoms with Gasteiger partial charge in [0.05, 0.1) is 13.2 Å². The van der Waals surface area contributed by atoms with Crippen LogP contribution in [-0.2, 0) is 14.3 Å². The summed E-state index contributed by atoms with van der Waals surface area (Å²) in [5.41, 5.74) is 5.68. The van der Waals surface area contributed by atoms with E-state index in [-0.39, 0.29) is 6.61 Å². The zero-order chi connectivity index (χ0) is 33.1. The Hall–Kier alpha value is -3.37. The number of hydrogen-bond acceptors (Lipinski definition) is 7. The Kier molecular flexibility index (Phi) is 18.8. The lowest BCUT2D eigenvalue weighted by Crippen LogP contribution is -2.59. The number of rotatable bonds is 16. The van der Waals surface area contributed by atoms with Crippen molar-refractivity contribution in [1.82, 2.24) is 0 Å². The fourth-order valence-corrected chi connectivity index (χ4v) is 3.82. The summed E-state index contributed by atoms with van der Waals surface area (Å²) in [4.78, 5) is 10.8. The van der Waals surface area contributed by atoms with E-state index in [1.807, 2.05) is 114 Å². The van der Waals surface area contributed by atoms with E-state index in [0.29, 0.717) is 12.0 Å². The predicted molar refractivity (Wildman–Crippen MR) is 176 cm³/mol. The predicted octanol–water partition coefficient (Wildman–Crippen LogP) is 5.57. The van der Waals surface area contributed by atoms with Gasteiger partial charge in [0.15, 0.2) is 6.29 Å². The molecule has 1 aliphatic heterocycles. The van der Waals surface area contributed by atoms with Crippen LogP contribution in [0.3, 0.4) is 0 Å². The molecular weight excluding hydrogens is 560 g/mol. The SMILES string of the molecule is CC(/C=C/C=C(C)/C=C/C=C(\C)CO[C@@H]1O[C@H](CO)[C@@H](O)[C@H](O)[C@H]1O)=C\C=C\C=C(C)\C=C\C=C(/C)CC/C=C(\C)C(=O)O. The van der Waals surface area contributed by atoms with E-state index in [1.54, 1.807) is 13.0 Å². The number of hydrogen-bond donors (Lipinski definition) is 5. The van der Waals surface area contributed by atoms with Gasteiger partial charge in [0.25, 0.3) is 0 Å². The monoisotopic (exact) mass is 610 g/mol. The van der Waals surface area contributed by atoms with Gasteiger partial charge in [0.2, 0.25) is 0 Å². The molecule has 0 saturated carbocycles. The van der Waals surface area contributed by atoms with Gasteiger partial charge in [-0.05, 0) is 60.0 Å².